The van der Waals surface area contributed by atoms with Crippen LogP contribution < -0.4 is 4.74 Å². The highest BCUT2D eigenvalue weighted by atomic mass is 35.5. The van der Waals surface area contributed by atoms with Crippen molar-refractivity contribution < 1.29 is 4.74 Å². The van der Waals surface area contributed by atoms with Crippen LogP contribution in [0.1, 0.15) is 22.3 Å². The molecule has 0 aliphatic rings. The van der Waals surface area contributed by atoms with Gasteiger partial charge >= 0.3 is 0 Å². The molecule has 0 saturated carbocycles. The molecular formula is C22H19Cl2NO. The molecule has 0 unspecified atom stereocenters. The monoisotopic (exact) mass is 383 g/mol. The van der Waals surface area contributed by atoms with Crippen molar-refractivity contribution in [3.05, 3.63) is 93.0 Å². The fourth-order valence-corrected chi connectivity index (χ4v) is 3.15. The Kier molecular flexibility index (Phi) is 5.97. The number of ether oxygens (including phenoxy) is 1. The molecule has 0 aromatic heterocycles. The van der Waals surface area contributed by atoms with Crippen molar-refractivity contribution >= 4 is 35.1 Å². The molecular weight excluding hydrogens is 365 g/mol. The van der Waals surface area contributed by atoms with Gasteiger partial charge in [-0.1, -0.05) is 65.7 Å². The van der Waals surface area contributed by atoms with Crippen LogP contribution in [0, 0.1) is 13.8 Å². The minimum absolute atomic E-state index is 0.413. The number of halogens is 2. The lowest BCUT2D eigenvalue weighted by atomic mass is 10.1. The first-order chi connectivity index (χ1) is 12.5. The Balaban J connectivity index is 1.78. The van der Waals surface area contributed by atoms with Crippen molar-refractivity contribution in [2.24, 2.45) is 4.99 Å². The van der Waals surface area contributed by atoms with Gasteiger partial charge in [-0.05, 0) is 54.3 Å². The average molecular weight is 384 g/mol. The zero-order chi connectivity index (χ0) is 18.5. The van der Waals surface area contributed by atoms with Gasteiger partial charge in [0.05, 0.1) is 15.7 Å². The lowest BCUT2D eigenvalue weighted by molar-refractivity contribution is 0.306. The van der Waals surface area contributed by atoms with E-state index in [9.17, 15) is 0 Å². The van der Waals surface area contributed by atoms with E-state index in [0.717, 1.165) is 22.4 Å². The largest absolute Gasteiger partial charge is 0.486 e. The van der Waals surface area contributed by atoms with E-state index in [-0.39, 0.29) is 0 Å². The molecule has 0 fully saturated rings. The standard InChI is InChI=1S/C22H19Cl2NO/c1-15-7-6-10-21(16(15)2)25-13-18-11-19(23)22(20(24)12-18)26-14-17-8-4-3-5-9-17/h3-13H,14H2,1-2H3. The number of hydrogen-bond acceptors (Lipinski definition) is 2. The number of hydrogen-bond donors (Lipinski definition) is 0. The molecule has 4 heteroatoms. The zero-order valence-electron chi connectivity index (χ0n) is 14.7. The average Bonchev–Trinajstić information content (AvgIpc) is 2.63. The first-order valence-electron chi connectivity index (χ1n) is 8.30. The molecule has 132 valence electrons. The number of aliphatic imine (C=N–C) groups is 1. The third-order valence-electron chi connectivity index (χ3n) is 4.18. The first-order valence-corrected chi connectivity index (χ1v) is 9.06. The van der Waals surface area contributed by atoms with Crippen LogP contribution in [0.5, 0.6) is 5.75 Å². The van der Waals surface area contributed by atoms with Crippen molar-refractivity contribution in [3.8, 4) is 5.75 Å². The van der Waals surface area contributed by atoms with Crippen molar-refractivity contribution in [2.75, 3.05) is 0 Å². The van der Waals surface area contributed by atoms with Crippen molar-refractivity contribution in [1.82, 2.24) is 0 Å². The SMILES string of the molecule is Cc1cccc(N=Cc2cc(Cl)c(OCc3ccccc3)c(Cl)c2)c1C. The lowest BCUT2D eigenvalue weighted by Crippen LogP contribution is -1.97. The number of rotatable bonds is 5. The molecule has 0 saturated heterocycles. The first kappa shape index (κ1) is 18.5. The number of nitrogens with zero attached hydrogens (tertiary/aromatic N) is 1. The molecule has 0 bridgehead atoms. The quantitative estimate of drug-likeness (QED) is 0.437. The summed E-state index contributed by atoms with van der Waals surface area (Å²) in [5.41, 5.74) is 5.18. The predicted octanol–water partition coefficient (Wildman–Crippen LogP) is 6.94. The van der Waals surface area contributed by atoms with Gasteiger partial charge in [-0.15, -0.1) is 0 Å². The highest BCUT2D eigenvalue weighted by molar-refractivity contribution is 6.37. The summed E-state index contributed by atoms with van der Waals surface area (Å²) < 4.78 is 5.80. The summed E-state index contributed by atoms with van der Waals surface area (Å²) in [6, 6.07) is 19.6. The molecule has 3 aromatic carbocycles. The van der Waals surface area contributed by atoms with E-state index >= 15 is 0 Å². The van der Waals surface area contributed by atoms with Crippen molar-refractivity contribution in [1.29, 1.82) is 0 Å². The Bertz CT molecular complexity index is 913. The summed E-state index contributed by atoms with van der Waals surface area (Å²) in [6.07, 6.45) is 1.76. The van der Waals surface area contributed by atoms with Gasteiger partial charge in [0.15, 0.2) is 5.75 Å². The van der Waals surface area contributed by atoms with E-state index in [1.165, 1.54) is 5.56 Å². The maximum absolute atomic E-state index is 6.37. The van der Waals surface area contributed by atoms with Crippen molar-refractivity contribution in [3.63, 3.8) is 0 Å². The normalized spacial score (nSPS) is 11.1. The van der Waals surface area contributed by atoms with Crippen LogP contribution >= 0.6 is 23.2 Å². The predicted molar refractivity (Wildman–Crippen MR) is 110 cm³/mol. The Hall–Kier alpha value is -2.29. The van der Waals surface area contributed by atoms with E-state index in [0.29, 0.717) is 22.4 Å². The summed E-state index contributed by atoms with van der Waals surface area (Å²) in [4.78, 5) is 4.56. The van der Waals surface area contributed by atoms with Gasteiger partial charge in [0.2, 0.25) is 0 Å². The molecule has 0 atom stereocenters. The molecule has 2 nitrogen and oxygen atoms in total. The molecule has 0 N–H and O–H groups in total. The molecule has 0 aliphatic heterocycles. The van der Waals surface area contributed by atoms with Gasteiger partial charge < -0.3 is 4.74 Å². The minimum Gasteiger partial charge on any atom is -0.486 e. The fraction of sp³-hybridized carbons (Fsp3) is 0.136. The highest BCUT2D eigenvalue weighted by Gasteiger charge is 2.10. The van der Waals surface area contributed by atoms with Crippen LogP contribution in [0.3, 0.4) is 0 Å². The van der Waals surface area contributed by atoms with Crippen LogP contribution in [-0.4, -0.2) is 6.21 Å². The maximum Gasteiger partial charge on any atom is 0.157 e. The van der Waals surface area contributed by atoms with Gasteiger partial charge in [-0.25, -0.2) is 0 Å². The van der Waals surface area contributed by atoms with Gasteiger partial charge in [0.1, 0.15) is 6.61 Å². The maximum atomic E-state index is 6.37. The Labute approximate surface area is 164 Å². The second-order valence-electron chi connectivity index (χ2n) is 6.07. The summed E-state index contributed by atoms with van der Waals surface area (Å²) in [7, 11) is 0. The van der Waals surface area contributed by atoms with E-state index in [1.807, 2.05) is 54.6 Å². The molecule has 0 aliphatic carbocycles. The van der Waals surface area contributed by atoms with Gasteiger partial charge in [-0.3, -0.25) is 4.99 Å². The second kappa shape index (κ2) is 8.39. The molecule has 0 radical (unpaired) electrons. The zero-order valence-corrected chi connectivity index (χ0v) is 16.2. The van der Waals surface area contributed by atoms with Crippen LogP contribution in [0.25, 0.3) is 0 Å². The molecule has 3 aromatic rings. The van der Waals surface area contributed by atoms with E-state index in [4.69, 9.17) is 27.9 Å². The molecule has 26 heavy (non-hydrogen) atoms. The summed E-state index contributed by atoms with van der Waals surface area (Å²) >= 11 is 12.7. The van der Waals surface area contributed by atoms with E-state index < -0.39 is 0 Å². The van der Waals surface area contributed by atoms with Gasteiger partial charge in [0, 0.05) is 6.21 Å². The second-order valence-corrected chi connectivity index (χ2v) is 6.88. The molecule has 0 spiro atoms. The lowest BCUT2D eigenvalue weighted by Gasteiger charge is -2.11. The van der Waals surface area contributed by atoms with Crippen molar-refractivity contribution in [2.45, 2.75) is 20.5 Å². The third-order valence-corrected chi connectivity index (χ3v) is 4.74. The smallest absolute Gasteiger partial charge is 0.157 e. The summed E-state index contributed by atoms with van der Waals surface area (Å²) in [5.74, 6) is 0.487. The molecule has 0 heterocycles. The van der Waals surface area contributed by atoms with Crippen LogP contribution in [0.15, 0.2) is 65.7 Å². The number of benzene rings is 3. The topological polar surface area (TPSA) is 21.6 Å². The minimum atomic E-state index is 0.413. The van der Waals surface area contributed by atoms with E-state index in [2.05, 4.69) is 24.9 Å². The highest BCUT2D eigenvalue weighted by Crippen LogP contribution is 2.34. The summed E-state index contributed by atoms with van der Waals surface area (Å²) in [5, 5.41) is 0.937. The van der Waals surface area contributed by atoms with Crippen LogP contribution in [-0.2, 0) is 6.61 Å². The Morgan fingerprint density at radius 3 is 2.31 bits per heavy atom. The molecule has 3 rings (SSSR count). The third kappa shape index (κ3) is 4.46. The Morgan fingerprint density at radius 1 is 0.923 bits per heavy atom. The van der Waals surface area contributed by atoms with Crippen LogP contribution in [0.2, 0.25) is 10.0 Å². The van der Waals surface area contributed by atoms with E-state index in [1.54, 1.807) is 6.21 Å². The van der Waals surface area contributed by atoms with Gasteiger partial charge in [0.25, 0.3) is 0 Å². The van der Waals surface area contributed by atoms with Crippen LogP contribution in [0.4, 0.5) is 5.69 Å². The number of aryl methyl sites for hydroxylation is 1. The summed E-state index contributed by atoms with van der Waals surface area (Å²) in [6.45, 7) is 4.54. The molecule has 0 amide bonds. The van der Waals surface area contributed by atoms with Gasteiger partial charge in [-0.2, -0.15) is 0 Å². The Morgan fingerprint density at radius 2 is 1.62 bits per heavy atom. The fourth-order valence-electron chi connectivity index (χ4n) is 2.54.